The molecule has 29 heavy (non-hydrogen) atoms. The van der Waals surface area contributed by atoms with E-state index in [2.05, 4.69) is 32.2 Å². The third-order valence-corrected chi connectivity index (χ3v) is 5.31. The van der Waals surface area contributed by atoms with Crippen LogP contribution in [0.4, 0.5) is 10.5 Å². The van der Waals surface area contributed by atoms with Crippen molar-refractivity contribution in [1.29, 1.82) is 5.26 Å². The molecular formula is C21H28N4O4. The SMILES string of the molecule is CC(C)(C)N[C@@H]1CC[C@@H](CCN2C(=O)COc3ccc(C#N)cc32)N(C(=O)O)C1. The van der Waals surface area contributed by atoms with Crippen LogP contribution < -0.4 is 15.0 Å². The molecule has 1 aromatic rings. The number of ether oxygens (including phenoxy) is 1. The number of hydrogen-bond donors (Lipinski definition) is 2. The molecule has 2 aliphatic rings. The van der Waals surface area contributed by atoms with E-state index in [1.165, 1.54) is 4.90 Å². The standard InChI is InChI=1S/C21H28N4O4/c1-21(2,3)23-15-5-6-16(25(12-15)20(27)28)8-9-24-17-10-14(11-22)4-7-18(17)29-13-19(24)26/h4,7,10,15-16,23H,5-6,8-9,12-13H2,1-3H3,(H,27,28)/t15-,16+/m1/s1. The third kappa shape index (κ3) is 4.98. The summed E-state index contributed by atoms with van der Waals surface area (Å²) < 4.78 is 5.46. The van der Waals surface area contributed by atoms with Crippen LogP contribution in [0.15, 0.2) is 18.2 Å². The Morgan fingerprint density at radius 1 is 1.38 bits per heavy atom. The summed E-state index contributed by atoms with van der Waals surface area (Å²) >= 11 is 0. The first-order valence-electron chi connectivity index (χ1n) is 9.92. The first-order chi connectivity index (χ1) is 13.7. The number of carboxylic acid groups (broad SMARTS) is 1. The van der Waals surface area contributed by atoms with E-state index in [-0.39, 0.29) is 30.1 Å². The fourth-order valence-electron chi connectivity index (χ4n) is 4.09. The molecule has 0 unspecified atom stereocenters. The summed E-state index contributed by atoms with van der Waals surface area (Å²) in [4.78, 5) is 27.4. The van der Waals surface area contributed by atoms with Crippen molar-refractivity contribution in [2.75, 3.05) is 24.6 Å². The van der Waals surface area contributed by atoms with E-state index in [1.807, 2.05) is 0 Å². The lowest BCUT2D eigenvalue weighted by atomic mass is 9.94. The van der Waals surface area contributed by atoms with Gasteiger partial charge in [0.2, 0.25) is 0 Å². The molecule has 1 fully saturated rings. The summed E-state index contributed by atoms with van der Waals surface area (Å²) in [6.07, 6.45) is 1.23. The van der Waals surface area contributed by atoms with E-state index >= 15 is 0 Å². The number of hydrogen-bond acceptors (Lipinski definition) is 5. The smallest absolute Gasteiger partial charge is 0.407 e. The Morgan fingerprint density at radius 3 is 2.79 bits per heavy atom. The van der Waals surface area contributed by atoms with Crippen LogP contribution in [-0.2, 0) is 4.79 Å². The summed E-state index contributed by atoms with van der Waals surface area (Å²) in [5.41, 5.74) is 0.947. The molecule has 2 aliphatic heterocycles. The number of nitrogens with one attached hydrogen (secondary N) is 1. The predicted molar refractivity (Wildman–Crippen MR) is 108 cm³/mol. The Bertz CT molecular complexity index is 827. The highest BCUT2D eigenvalue weighted by Gasteiger charge is 2.34. The predicted octanol–water partition coefficient (Wildman–Crippen LogP) is 2.57. The van der Waals surface area contributed by atoms with Gasteiger partial charge < -0.3 is 25.0 Å². The molecule has 3 rings (SSSR count). The molecule has 8 heteroatoms. The summed E-state index contributed by atoms with van der Waals surface area (Å²) in [5.74, 6) is 0.384. The van der Waals surface area contributed by atoms with E-state index < -0.39 is 6.09 Å². The fourth-order valence-corrected chi connectivity index (χ4v) is 4.09. The maximum atomic E-state index is 12.4. The van der Waals surface area contributed by atoms with Gasteiger partial charge >= 0.3 is 6.09 Å². The molecule has 2 N–H and O–H groups in total. The average Bonchev–Trinajstić information content (AvgIpc) is 2.66. The largest absolute Gasteiger partial charge is 0.482 e. The van der Waals surface area contributed by atoms with Crippen LogP contribution in [0.5, 0.6) is 5.75 Å². The Balaban J connectivity index is 1.70. The average molecular weight is 400 g/mol. The summed E-state index contributed by atoms with van der Waals surface area (Å²) in [6, 6.07) is 7.04. The lowest BCUT2D eigenvalue weighted by molar-refractivity contribution is -0.121. The van der Waals surface area contributed by atoms with Crippen LogP contribution in [0.3, 0.4) is 0 Å². The third-order valence-electron chi connectivity index (χ3n) is 5.31. The monoisotopic (exact) mass is 400 g/mol. The number of anilines is 1. The van der Waals surface area contributed by atoms with E-state index in [0.717, 1.165) is 12.8 Å². The number of fused-ring (bicyclic) bond motifs is 1. The first kappa shape index (κ1) is 20.9. The number of benzene rings is 1. The van der Waals surface area contributed by atoms with Crippen molar-refractivity contribution < 1.29 is 19.4 Å². The van der Waals surface area contributed by atoms with Crippen molar-refractivity contribution in [3.05, 3.63) is 23.8 Å². The second kappa shape index (κ2) is 8.29. The summed E-state index contributed by atoms with van der Waals surface area (Å²) in [6.45, 7) is 6.98. The van der Waals surface area contributed by atoms with Crippen LogP contribution in [0.1, 0.15) is 45.6 Å². The van der Waals surface area contributed by atoms with Gasteiger partial charge in [0, 0.05) is 30.7 Å². The van der Waals surface area contributed by atoms with Gasteiger partial charge in [0.1, 0.15) is 5.75 Å². The molecule has 0 aliphatic carbocycles. The van der Waals surface area contributed by atoms with Crippen LogP contribution >= 0.6 is 0 Å². The van der Waals surface area contributed by atoms with Crippen molar-refractivity contribution in [3.63, 3.8) is 0 Å². The minimum atomic E-state index is -0.934. The van der Waals surface area contributed by atoms with E-state index in [0.29, 0.717) is 36.5 Å². The molecule has 8 nitrogen and oxygen atoms in total. The molecule has 0 spiro atoms. The molecule has 1 saturated heterocycles. The van der Waals surface area contributed by atoms with Crippen LogP contribution in [0, 0.1) is 11.3 Å². The van der Waals surface area contributed by atoms with Gasteiger partial charge in [-0.15, -0.1) is 0 Å². The van der Waals surface area contributed by atoms with Gasteiger partial charge in [0.25, 0.3) is 5.91 Å². The molecule has 0 bridgehead atoms. The van der Waals surface area contributed by atoms with Gasteiger partial charge in [-0.25, -0.2) is 4.79 Å². The molecule has 2 atom stereocenters. The molecule has 0 radical (unpaired) electrons. The Morgan fingerprint density at radius 2 is 2.14 bits per heavy atom. The van der Waals surface area contributed by atoms with Gasteiger partial charge in [0.05, 0.1) is 17.3 Å². The number of rotatable bonds is 4. The van der Waals surface area contributed by atoms with E-state index in [4.69, 9.17) is 10.00 Å². The molecule has 0 aromatic heterocycles. The number of carbonyl (C=O) groups excluding carboxylic acids is 1. The van der Waals surface area contributed by atoms with Crippen LogP contribution in [0.2, 0.25) is 0 Å². The molecule has 0 saturated carbocycles. The molecule has 2 heterocycles. The number of amides is 2. The number of carbonyl (C=O) groups is 2. The lowest BCUT2D eigenvalue weighted by Gasteiger charge is -2.41. The minimum Gasteiger partial charge on any atom is -0.482 e. The molecule has 1 aromatic carbocycles. The zero-order valence-corrected chi connectivity index (χ0v) is 17.1. The van der Waals surface area contributed by atoms with Gasteiger partial charge in [-0.05, 0) is 58.2 Å². The maximum Gasteiger partial charge on any atom is 0.407 e. The van der Waals surface area contributed by atoms with Crippen LogP contribution in [0.25, 0.3) is 0 Å². The summed E-state index contributed by atoms with van der Waals surface area (Å²) in [5, 5.41) is 22.3. The first-order valence-corrected chi connectivity index (χ1v) is 9.92. The topological polar surface area (TPSA) is 106 Å². The van der Waals surface area contributed by atoms with E-state index in [1.54, 1.807) is 23.1 Å². The molecular weight excluding hydrogens is 372 g/mol. The molecule has 2 amide bonds. The highest BCUT2D eigenvalue weighted by Crippen LogP contribution is 2.33. The zero-order chi connectivity index (χ0) is 21.2. The normalized spacial score (nSPS) is 21.9. The minimum absolute atomic E-state index is 0.0518. The second-order valence-electron chi connectivity index (χ2n) is 8.67. The van der Waals surface area contributed by atoms with Crippen molar-refractivity contribution in [2.24, 2.45) is 0 Å². The van der Waals surface area contributed by atoms with Crippen molar-refractivity contribution in [3.8, 4) is 11.8 Å². The highest BCUT2D eigenvalue weighted by molar-refractivity contribution is 5.98. The van der Waals surface area contributed by atoms with Gasteiger partial charge in [-0.1, -0.05) is 0 Å². The lowest BCUT2D eigenvalue weighted by Crippen LogP contribution is -2.56. The highest BCUT2D eigenvalue weighted by atomic mass is 16.5. The number of likely N-dealkylation sites (tertiary alicyclic amines) is 1. The zero-order valence-electron chi connectivity index (χ0n) is 17.1. The summed E-state index contributed by atoms with van der Waals surface area (Å²) in [7, 11) is 0. The van der Waals surface area contributed by atoms with Crippen molar-refractivity contribution in [1.82, 2.24) is 10.2 Å². The fraction of sp³-hybridized carbons (Fsp3) is 0.571. The number of piperidine rings is 1. The maximum absolute atomic E-state index is 12.4. The van der Waals surface area contributed by atoms with Gasteiger partial charge in [0.15, 0.2) is 6.61 Å². The Labute approximate surface area is 171 Å². The number of nitriles is 1. The number of nitrogens with zero attached hydrogens (tertiary/aromatic N) is 3. The van der Waals surface area contributed by atoms with Crippen molar-refractivity contribution >= 4 is 17.7 Å². The molecule has 156 valence electrons. The van der Waals surface area contributed by atoms with Gasteiger partial charge in [-0.3, -0.25) is 4.79 Å². The van der Waals surface area contributed by atoms with Crippen LogP contribution in [-0.4, -0.2) is 59.3 Å². The quantitative estimate of drug-likeness (QED) is 0.805. The van der Waals surface area contributed by atoms with Crippen molar-refractivity contribution in [2.45, 2.75) is 57.7 Å². The Kier molecular flexibility index (Phi) is 5.99. The van der Waals surface area contributed by atoms with Gasteiger partial charge in [-0.2, -0.15) is 5.26 Å². The van der Waals surface area contributed by atoms with E-state index in [9.17, 15) is 14.7 Å². The Hall–Kier alpha value is -2.79. The second-order valence-corrected chi connectivity index (χ2v) is 8.67.